The lowest BCUT2D eigenvalue weighted by atomic mass is 9.72. The molecule has 4 rings (SSSR count). The van der Waals surface area contributed by atoms with Gasteiger partial charge in [0.2, 0.25) is 0 Å². The van der Waals surface area contributed by atoms with Crippen LogP contribution in [0.4, 0.5) is 13.2 Å². The van der Waals surface area contributed by atoms with Crippen molar-refractivity contribution in [2.75, 3.05) is 6.54 Å². The van der Waals surface area contributed by atoms with Crippen molar-refractivity contribution in [2.45, 2.75) is 76.1 Å². The number of hydrogen-bond donors (Lipinski definition) is 2. The van der Waals surface area contributed by atoms with Gasteiger partial charge in [0.1, 0.15) is 5.75 Å². The van der Waals surface area contributed by atoms with Crippen molar-refractivity contribution in [3.63, 3.8) is 0 Å². The van der Waals surface area contributed by atoms with Crippen LogP contribution in [0.15, 0.2) is 55.0 Å². The molecule has 1 aliphatic carbocycles. The van der Waals surface area contributed by atoms with Crippen molar-refractivity contribution in [1.29, 1.82) is 0 Å². The summed E-state index contributed by atoms with van der Waals surface area (Å²) in [6.45, 7) is 4.83. The number of phenols is 1. The van der Waals surface area contributed by atoms with Gasteiger partial charge in [-0.2, -0.15) is 13.2 Å². The molecule has 2 N–H and O–H groups in total. The predicted octanol–water partition coefficient (Wildman–Crippen LogP) is 6.19. The smallest absolute Gasteiger partial charge is 0.418 e. The van der Waals surface area contributed by atoms with Gasteiger partial charge in [-0.25, -0.2) is 0 Å². The zero-order valence-corrected chi connectivity index (χ0v) is 19.9. The molecule has 1 aromatic carbocycles. The molecule has 2 aromatic rings. The molecule has 0 amide bonds. The summed E-state index contributed by atoms with van der Waals surface area (Å²) in [7, 11) is 0. The highest BCUT2D eigenvalue weighted by atomic mass is 19.4. The standard InChI is InChI=1S/C27H33F3N2O2/c1-24(2,21-15-19(9-10-22(21)33)20-7-6-13-31-16-20)17-26(34,27(28,29)30)18-32-14-12-25(3)11-5-4-8-23(25)32/h6-7,9-10,12-16,23,33-34H,4-5,8,11,17-18H2,1-3H3. The van der Waals surface area contributed by atoms with Gasteiger partial charge in [-0.3, -0.25) is 4.98 Å². The van der Waals surface area contributed by atoms with Crippen molar-refractivity contribution >= 4 is 0 Å². The van der Waals surface area contributed by atoms with Crippen LogP contribution in [0.3, 0.4) is 0 Å². The Bertz CT molecular complexity index is 1050. The number of rotatable bonds is 6. The van der Waals surface area contributed by atoms with E-state index >= 15 is 0 Å². The van der Waals surface area contributed by atoms with Crippen LogP contribution in [0.5, 0.6) is 5.75 Å². The SMILES string of the molecule is CC(C)(CC(O)(CN1C=CC2(C)CCCCC12)C(F)(F)F)c1cc(-c2cccnc2)ccc1O. The third-order valence-electron chi connectivity index (χ3n) is 7.68. The molecule has 0 bridgehead atoms. The number of aromatic nitrogens is 1. The lowest BCUT2D eigenvalue weighted by molar-refractivity contribution is -0.271. The van der Waals surface area contributed by atoms with Crippen molar-refractivity contribution in [3.8, 4) is 16.9 Å². The van der Waals surface area contributed by atoms with Gasteiger partial charge in [0.05, 0.1) is 6.54 Å². The molecule has 0 radical (unpaired) electrons. The summed E-state index contributed by atoms with van der Waals surface area (Å²) in [5.74, 6) is -0.0944. The number of aliphatic hydroxyl groups is 1. The van der Waals surface area contributed by atoms with Gasteiger partial charge in [0.25, 0.3) is 0 Å². The number of pyridine rings is 1. The highest BCUT2D eigenvalue weighted by molar-refractivity contribution is 5.65. The number of halogens is 3. The van der Waals surface area contributed by atoms with Gasteiger partial charge < -0.3 is 15.1 Å². The average molecular weight is 475 g/mol. The van der Waals surface area contributed by atoms with E-state index in [0.717, 1.165) is 36.8 Å². The Morgan fingerprint density at radius 1 is 1.15 bits per heavy atom. The fourth-order valence-corrected chi connectivity index (χ4v) is 5.78. The third-order valence-corrected chi connectivity index (χ3v) is 7.68. The van der Waals surface area contributed by atoms with E-state index in [2.05, 4.69) is 11.9 Å². The molecule has 1 aliphatic heterocycles. The molecule has 1 saturated carbocycles. The van der Waals surface area contributed by atoms with Crippen LogP contribution in [0.25, 0.3) is 11.1 Å². The molecule has 7 heteroatoms. The molecule has 184 valence electrons. The monoisotopic (exact) mass is 474 g/mol. The van der Waals surface area contributed by atoms with Crippen molar-refractivity contribution in [3.05, 3.63) is 60.6 Å². The topological polar surface area (TPSA) is 56.6 Å². The maximum atomic E-state index is 14.4. The zero-order chi connectivity index (χ0) is 24.8. The number of phenolic OH excluding ortho intramolecular Hbond substituents is 1. The van der Waals surface area contributed by atoms with Crippen LogP contribution in [-0.2, 0) is 5.41 Å². The van der Waals surface area contributed by atoms with E-state index in [-0.39, 0.29) is 17.2 Å². The van der Waals surface area contributed by atoms with E-state index < -0.39 is 30.2 Å². The third kappa shape index (κ3) is 4.54. The van der Waals surface area contributed by atoms with E-state index in [4.69, 9.17) is 0 Å². The second-order valence-corrected chi connectivity index (χ2v) is 10.8. The molecule has 3 unspecified atom stereocenters. The minimum absolute atomic E-state index is 0.0412. The van der Waals surface area contributed by atoms with E-state index in [0.29, 0.717) is 5.56 Å². The molecular weight excluding hydrogens is 441 g/mol. The predicted molar refractivity (Wildman–Crippen MR) is 126 cm³/mol. The quantitative estimate of drug-likeness (QED) is 0.524. The lowest BCUT2D eigenvalue weighted by Crippen LogP contribution is -2.57. The second-order valence-electron chi connectivity index (χ2n) is 10.8. The van der Waals surface area contributed by atoms with Crippen molar-refractivity contribution < 1.29 is 23.4 Å². The first-order chi connectivity index (χ1) is 15.8. The van der Waals surface area contributed by atoms with Gasteiger partial charge in [-0.05, 0) is 54.6 Å². The number of hydrogen-bond acceptors (Lipinski definition) is 4. The number of alkyl halides is 3. The van der Waals surface area contributed by atoms with Gasteiger partial charge in [0, 0.05) is 35.0 Å². The Labute approximate surface area is 199 Å². The number of β-amino-alcohol motifs (C(OH)–C–C–N with tert-alkyl or cyclic N) is 1. The van der Waals surface area contributed by atoms with Gasteiger partial charge >= 0.3 is 6.18 Å². The molecule has 2 aliphatic rings. The zero-order valence-electron chi connectivity index (χ0n) is 19.9. The Hall–Kier alpha value is -2.54. The lowest BCUT2D eigenvalue weighted by Gasteiger charge is -2.45. The molecule has 2 heterocycles. The summed E-state index contributed by atoms with van der Waals surface area (Å²) >= 11 is 0. The van der Waals surface area contributed by atoms with Crippen LogP contribution in [0.2, 0.25) is 0 Å². The van der Waals surface area contributed by atoms with Gasteiger partial charge in [0.15, 0.2) is 5.60 Å². The summed E-state index contributed by atoms with van der Waals surface area (Å²) in [6, 6.07) is 8.47. The van der Waals surface area contributed by atoms with Crippen LogP contribution in [-0.4, -0.2) is 44.5 Å². The van der Waals surface area contributed by atoms with Crippen LogP contribution < -0.4 is 0 Å². The maximum Gasteiger partial charge on any atom is 0.418 e. The molecule has 0 spiro atoms. The summed E-state index contributed by atoms with van der Waals surface area (Å²) in [4.78, 5) is 5.79. The normalized spacial score (nSPS) is 24.7. The first kappa shape index (κ1) is 24.6. The first-order valence-electron chi connectivity index (χ1n) is 11.8. The second kappa shape index (κ2) is 8.59. The van der Waals surface area contributed by atoms with Crippen molar-refractivity contribution in [2.24, 2.45) is 5.41 Å². The van der Waals surface area contributed by atoms with Crippen LogP contribution >= 0.6 is 0 Å². The minimum Gasteiger partial charge on any atom is -0.508 e. The summed E-state index contributed by atoms with van der Waals surface area (Å²) in [5.41, 5.74) is -2.37. The van der Waals surface area contributed by atoms with E-state index in [1.165, 1.54) is 6.07 Å². The Morgan fingerprint density at radius 3 is 2.59 bits per heavy atom. The Balaban J connectivity index is 1.64. The van der Waals surface area contributed by atoms with Gasteiger partial charge in [-0.15, -0.1) is 0 Å². The summed E-state index contributed by atoms with van der Waals surface area (Å²) < 4.78 is 43.2. The molecule has 34 heavy (non-hydrogen) atoms. The first-order valence-corrected chi connectivity index (χ1v) is 11.8. The molecule has 1 aromatic heterocycles. The fourth-order valence-electron chi connectivity index (χ4n) is 5.78. The highest BCUT2D eigenvalue weighted by Gasteiger charge is 2.58. The molecular formula is C27H33F3N2O2. The van der Waals surface area contributed by atoms with Gasteiger partial charge in [-0.1, -0.05) is 51.8 Å². The number of nitrogens with zero attached hydrogens (tertiary/aromatic N) is 2. The highest BCUT2D eigenvalue weighted by Crippen LogP contribution is 2.48. The summed E-state index contributed by atoms with van der Waals surface area (Å²) in [6.07, 6.45) is 5.42. The number of fused-ring (bicyclic) bond motifs is 1. The summed E-state index contributed by atoms with van der Waals surface area (Å²) in [5, 5.41) is 21.8. The van der Waals surface area contributed by atoms with E-state index in [1.54, 1.807) is 55.5 Å². The largest absolute Gasteiger partial charge is 0.508 e. The molecule has 1 fully saturated rings. The van der Waals surface area contributed by atoms with Crippen LogP contribution in [0, 0.1) is 5.41 Å². The molecule has 3 atom stereocenters. The van der Waals surface area contributed by atoms with E-state index in [9.17, 15) is 23.4 Å². The maximum absolute atomic E-state index is 14.4. The number of benzene rings is 1. The van der Waals surface area contributed by atoms with E-state index in [1.807, 2.05) is 12.1 Å². The van der Waals surface area contributed by atoms with Crippen LogP contribution in [0.1, 0.15) is 58.4 Å². The molecule has 4 nitrogen and oxygen atoms in total. The van der Waals surface area contributed by atoms with Crippen molar-refractivity contribution in [1.82, 2.24) is 9.88 Å². The Kier molecular flexibility index (Phi) is 6.21. The average Bonchev–Trinajstić information content (AvgIpc) is 3.09. The minimum atomic E-state index is -4.83. The fraction of sp³-hybridized carbons (Fsp3) is 0.519. The number of aromatic hydroxyl groups is 1. The molecule has 0 saturated heterocycles. The Morgan fingerprint density at radius 2 is 1.91 bits per heavy atom.